The predicted octanol–water partition coefficient (Wildman–Crippen LogP) is 2.10. The summed E-state index contributed by atoms with van der Waals surface area (Å²) in [7, 11) is 0. The van der Waals surface area contributed by atoms with Crippen molar-refractivity contribution in [3.8, 4) is 0 Å². The highest BCUT2D eigenvalue weighted by Crippen LogP contribution is 2.19. The van der Waals surface area contributed by atoms with Crippen LogP contribution in [-0.2, 0) is 4.79 Å². The molecule has 0 bridgehead atoms. The van der Waals surface area contributed by atoms with E-state index in [1.54, 1.807) is 0 Å². The van der Waals surface area contributed by atoms with E-state index < -0.39 is 0 Å². The maximum Gasteiger partial charge on any atom is 0.257 e. The van der Waals surface area contributed by atoms with Gasteiger partial charge in [-0.05, 0) is 39.7 Å². The molecule has 6 nitrogen and oxygen atoms in total. The molecule has 1 aliphatic heterocycles. The van der Waals surface area contributed by atoms with Crippen LogP contribution in [-0.4, -0.2) is 59.9 Å². The maximum absolute atomic E-state index is 12.6. The fourth-order valence-corrected chi connectivity index (χ4v) is 3.88. The molecule has 0 radical (unpaired) electrons. The van der Waals surface area contributed by atoms with Crippen molar-refractivity contribution in [3.63, 3.8) is 0 Å². The fraction of sp³-hybridized carbons (Fsp3) is 0.684. The van der Waals surface area contributed by atoms with E-state index in [1.807, 2.05) is 31.7 Å². The van der Waals surface area contributed by atoms with E-state index in [0.717, 1.165) is 31.7 Å². The Balaban J connectivity index is 1.51. The van der Waals surface area contributed by atoms with E-state index in [0.29, 0.717) is 30.5 Å². The topological polar surface area (TPSA) is 65.8 Å². The van der Waals surface area contributed by atoms with Gasteiger partial charge in [0.15, 0.2) is 0 Å². The molecule has 2 heterocycles. The van der Waals surface area contributed by atoms with E-state index in [1.165, 1.54) is 12.8 Å². The lowest BCUT2D eigenvalue weighted by Gasteiger charge is -2.37. The van der Waals surface area contributed by atoms with Gasteiger partial charge in [-0.25, -0.2) is 0 Å². The van der Waals surface area contributed by atoms with Crippen LogP contribution in [0.4, 0.5) is 0 Å². The average Bonchev–Trinajstić information content (AvgIpc) is 3.22. The van der Waals surface area contributed by atoms with E-state index in [-0.39, 0.29) is 17.9 Å². The molecule has 1 aromatic rings. The lowest BCUT2D eigenvalue weighted by Crippen LogP contribution is -2.55. The Kier molecular flexibility index (Phi) is 5.47. The van der Waals surface area contributed by atoms with Gasteiger partial charge in [-0.2, -0.15) is 0 Å². The Bertz CT molecular complexity index is 626. The van der Waals surface area contributed by atoms with Crippen molar-refractivity contribution in [2.24, 2.45) is 0 Å². The van der Waals surface area contributed by atoms with Crippen LogP contribution < -0.4 is 5.32 Å². The molecule has 0 aromatic carbocycles. The third kappa shape index (κ3) is 4.06. The van der Waals surface area contributed by atoms with Crippen molar-refractivity contribution in [2.45, 2.75) is 58.5 Å². The van der Waals surface area contributed by atoms with Crippen molar-refractivity contribution in [2.75, 3.05) is 26.2 Å². The number of aryl methyl sites for hydroxylation is 2. The Labute approximate surface area is 149 Å². The number of furan rings is 1. The van der Waals surface area contributed by atoms with Gasteiger partial charge in [0.05, 0.1) is 11.6 Å². The summed E-state index contributed by atoms with van der Waals surface area (Å²) in [6.07, 6.45) is 4.63. The fourth-order valence-electron chi connectivity index (χ4n) is 3.88. The van der Waals surface area contributed by atoms with Gasteiger partial charge < -0.3 is 14.6 Å². The minimum Gasteiger partial charge on any atom is -0.466 e. The quantitative estimate of drug-likeness (QED) is 0.906. The van der Waals surface area contributed by atoms with Crippen molar-refractivity contribution in [3.05, 3.63) is 23.2 Å². The van der Waals surface area contributed by atoms with Crippen LogP contribution in [0.1, 0.15) is 54.5 Å². The number of piperazine rings is 1. The first kappa shape index (κ1) is 18.0. The van der Waals surface area contributed by atoms with Crippen LogP contribution in [0.25, 0.3) is 0 Å². The molecule has 1 saturated carbocycles. The van der Waals surface area contributed by atoms with Gasteiger partial charge in [0, 0.05) is 32.2 Å². The molecule has 2 fully saturated rings. The second-order valence-electron chi connectivity index (χ2n) is 7.32. The predicted molar refractivity (Wildman–Crippen MR) is 95.5 cm³/mol. The molecule has 3 rings (SSSR count). The third-order valence-electron chi connectivity index (χ3n) is 5.50. The number of rotatable bonds is 4. The number of hydrogen-bond donors (Lipinski definition) is 1. The average molecular weight is 347 g/mol. The van der Waals surface area contributed by atoms with Crippen LogP contribution in [0.15, 0.2) is 10.5 Å². The SMILES string of the molecule is Cc1cc(C(=O)N2CCN([C@H](C)C(=O)NC3CCCC3)CC2)c(C)o1. The summed E-state index contributed by atoms with van der Waals surface area (Å²) in [4.78, 5) is 29.1. The Morgan fingerprint density at radius 1 is 1.16 bits per heavy atom. The van der Waals surface area contributed by atoms with Gasteiger partial charge in [0.25, 0.3) is 5.91 Å². The number of nitrogens with one attached hydrogen (secondary N) is 1. The number of amides is 2. The smallest absolute Gasteiger partial charge is 0.257 e. The van der Waals surface area contributed by atoms with Crippen molar-refractivity contribution in [1.29, 1.82) is 0 Å². The summed E-state index contributed by atoms with van der Waals surface area (Å²) in [6.45, 7) is 8.37. The third-order valence-corrected chi connectivity index (χ3v) is 5.50. The molecular weight excluding hydrogens is 318 g/mol. The first-order chi connectivity index (χ1) is 12.0. The molecule has 2 aliphatic rings. The minimum atomic E-state index is -0.143. The van der Waals surface area contributed by atoms with Crippen LogP contribution in [0, 0.1) is 13.8 Å². The molecule has 1 aliphatic carbocycles. The Hall–Kier alpha value is -1.82. The summed E-state index contributed by atoms with van der Waals surface area (Å²) < 4.78 is 5.47. The zero-order valence-corrected chi connectivity index (χ0v) is 15.5. The van der Waals surface area contributed by atoms with Gasteiger partial charge in [0.2, 0.25) is 5.91 Å². The molecule has 1 aromatic heterocycles. The summed E-state index contributed by atoms with van der Waals surface area (Å²) in [6, 6.07) is 2.02. The lowest BCUT2D eigenvalue weighted by molar-refractivity contribution is -0.127. The highest BCUT2D eigenvalue weighted by Gasteiger charge is 2.30. The number of carbonyl (C=O) groups is 2. The maximum atomic E-state index is 12.6. The molecule has 0 unspecified atom stereocenters. The van der Waals surface area contributed by atoms with Gasteiger partial charge in [-0.3, -0.25) is 14.5 Å². The Morgan fingerprint density at radius 3 is 2.36 bits per heavy atom. The first-order valence-corrected chi connectivity index (χ1v) is 9.36. The molecule has 2 amide bonds. The molecular formula is C19H29N3O3. The van der Waals surface area contributed by atoms with E-state index >= 15 is 0 Å². The highest BCUT2D eigenvalue weighted by molar-refractivity contribution is 5.95. The van der Waals surface area contributed by atoms with E-state index in [4.69, 9.17) is 4.42 Å². The molecule has 138 valence electrons. The molecule has 25 heavy (non-hydrogen) atoms. The molecule has 1 saturated heterocycles. The molecule has 1 atom stereocenters. The molecule has 0 spiro atoms. The Morgan fingerprint density at radius 2 is 1.80 bits per heavy atom. The first-order valence-electron chi connectivity index (χ1n) is 9.36. The number of nitrogens with zero attached hydrogens (tertiary/aromatic N) is 2. The minimum absolute atomic E-state index is 0.0251. The summed E-state index contributed by atoms with van der Waals surface area (Å²) in [5, 5.41) is 3.17. The molecule has 1 N–H and O–H groups in total. The second-order valence-corrected chi connectivity index (χ2v) is 7.32. The normalized spacial score (nSPS) is 20.7. The van der Waals surface area contributed by atoms with Gasteiger partial charge in [-0.1, -0.05) is 12.8 Å². The summed E-state index contributed by atoms with van der Waals surface area (Å²) in [5.41, 5.74) is 0.651. The van der Waals surface area contributed by atoms with Crippen LogP contribution in [0.2, 0.25) is 0 Å². The second kappa shape index (κ2) is 7.60. The zero-order chi connectivity index (χ0) is 18.0. The van der Waals surface area contributed by atoms with E-state index in [9.17, 15) is 9.59 Å². The summed E-state index contributed by atoms with van der Waals surface area (Å²) >= 11 is 0. The lowest BCUT2D eigenvalue weighted by atomic mass is 10.1. The number of carbonyl (C=O) groups excluding carboxylic acids is 2. The monoisotopic (exact) mass is 347 g/mol. The van der Waals surface area contributed by atoms with Crippen molar-refractivity contribution < 1.29 is 14.0 Å². The van der Waals surface area contributed by atoms with E-state index in [2.05, 4.69) is 10.2 Å². The van der Waals surface area contributed by atoms with Crippen LogP contribution in [0.5, 0.6) is 0 Å². The standard InChI is InChI=1S/C19H29N3O3/c1-13-12-17(15(3)25-13)19(24)22-10-8-21(9-11-22)14(2)18(23)20-16-6-4-5-7-16/h12,14,16H,4-11H2,1-3H3,(H,20,23)/t14-/m1/s1. The van der Waals surface area contributed by atoms with Gasteiger partial charge >= 0.3 is 0 Å². The van der Waals surface area contributed by atoms with Gasteiger partial charge in [-0.15, -0.1) is 0 Å². The van der Waals surface area contributed by atoms with Gasteiger partial charge in [0.1, 0.15) is 11.5 Å². The largest absolute Gasteiger partial charge is 0.466 e. The summed E-state index contributed by atoms with van der Waals surface area (Å²) in [5.74, 6) is 1.58. The number of hydrogen-bond acceptors (Lipinski definition) is 4. The van der Waals surface area contributed by atoms with Crippen LogP contribution >= 0.6 is 0 Å². The highest BCUT2D eigenvalue weighted by atomic mass is 16.3. The van der Waals surface area contributed by atoms with Crippen LogP contribution in [0.3, 0.4) is 0 Å². The molecule has 6 heteroatoms. The zero-order valence-electron chi connectivity index (χ0n) is 15.5. The van der Waals surface area contributed by atoms with Crippen molar-refractivity contribution >= 4 is 11.8 Å². The van der Waals surface area contributed by atoms with Crippen molar-refractivity contribution in [1.82, 2.24) is 15.1 Å².